The smallest absolute Gasteiger partial charge is 0.147 e. The standard InChI is InChI=1S/4C6H7N.5C5H6N2.3C4H5N3/c1-6-2-4-7-5-3-6;1-6-3-2-4-7-5-6;2*1-6-4-2-3-5-7-6;1-5-2-6-4-7-3-5;1-5-4-6-2-3-7-5;1-5-2-3-6-4-7-5;1-5-2-3-6-7-4-5;1-5-6-3-2-4-7-5;1-4-6-2-5-3-7-4;1-4-2-6-7-3-5-4;1-4-5-2-3-6-7-4/h4*2-5H,1H3;5*2-4H,1H3;3*2-3H,1H3. The van der Waals surface area contributed by atoms with E-state index in [2.05, 4.69) is 115 Å². The molecule has 0 aliphatic carbocycles. The van der Waals surface area contributed by atoms with Crippen molar-refractivity contribution in [1.29, 1.82) is 0 Å². The number of hydrogen-bond donors (Lipinski definition) is 0. The molecule has 0 spiro atoms. The zero-order valence-corrected chi connectivity index (χ0v) is 49.6. The van der Waals surface area contributed by atoms with E-state index in [4.69, 9.17) is 0 Å². The minimum absolute atomic E-state index is 0.711. The first-order chi connectivity index (χ1) is 40.7. The van der Waals surface area contributed by atoms with Crippen LogP contribution in [0.25, 0.3) is 0 Å². The largest absolute Gasteiger partial charge is 0.265 e. The van der Waals surface area contributed by atoms with Crippen LogP contribution >= 0.6 is 0 Å². The number of rotatable bonds is 0. The van der Waals surface area contributed by atoms with Gasteiger partial charge in [0, 0.05) is 116 Å². The highest BCUT2D eigenvalue weighted by atomic mass is 15.1. The zero-order valence-electron chi connectivity index (χ0n) is 49.6. The normalized spacial score (nSPS) is 8.71. The molecule has 0 fully saturated rings. The van der Waals surface area contributed by atoms with Crippen LogP contribution < -0.4 is 0 Å². The van der Waals surface area contributed by atoms with Gasteiger partial charge in [0.25, 0.3) is 0 Å². The molecule has 0 aliphatic heterocycles. The van der Waals surface area contributed by atoms with Crippen LogP contribution in [-0.4, -0.2) is 115 Å². The summed E-state index contributed by atoms with van der Waals surface area (Å²) in [5.74, 6) is 2.29. The van der Waals surface area contributed by atoms with E-state index in [0.29, 0.717) is 5.82 Å². The van der Waals surface area contributed by atoms with Gasteiger partial charge in [0.2, 0.25) is 0 Å². The molecule has 23 heteroatoms. The predicted molar refractivity (Wildman–Crippen MR) is 323 cm³/mol. The monoisotopic (exact) mass is 1130 g/mol. The van der Waals surface area contributed by atoms with Crippen LogP contribution in [-0.2, 0) is 0 Å². The molecule has 0 saturated heterocycles. The average Bonchev–Trinajstić information content (AvgIpc) is 3.51. The molecule has 0 bridgehead atoms. The molecule has 0 radical (unpaired) electrons. The number of hydrogen-bond acceptors (Lipinski definition) is 23. The van der Waals surface area contributed by atoms with Gasteiger partial charge < -0.3 is 0 Å². The lowest BCUT2D eigenvalue weighted by molar-refractivity contribution is 0.907. The molecular formula is C61H73N23. The fraction of sp³-hybridized carbons (Fsp3) is 0.197. The number of aryl methyl sites for hydroxylation is 12. The van der Waals surface area contributed by atoms with Crippen molar-refractivity contribution in [3.63, 3.8) is 0 Å². The van der Waals surface area contributed by atoms with Crippen LogP contribution in [0, 0.1) is 83.1 Å². The van der Waals surface area contributed by atoms with Gasteiger partial charge in [0.15, 0.2) is 0 Å². The van der Waals surface area contributed by atoms with Gasteiger partial charge in [-0.3, -0.25) is 29.9 Å². The van der Waals surface area contributed by atoms with Crippen molar-refractivity contribution in [3.05, 3.63) is 296 Å². The molecule has 0 amide bonds. The average molecular weight is 1130 g/mol. The summed E-state index contributed by atoms with van der Waals surface area (Å²) in [6.45, 7) is 23.1. The molecule has 0 saturated carbocycles. The Bertz CT molecular complexity index is 2440. The summed E-state index contributed by atoms with van der Waals surface area (Å²) in [6.07, 6.45) is 40.1. The maximum Gasteiger partial charge on any atom is 0.147 e. The van der Waals surface area contributed by atoms with Crippen LogP contribution in [0.3, 0.4) is 0 Å². The van der Waals surface area contributed by atoms with Crippen LogP contribution in [0.5, 0.6) is 0 Å². The van der Waals surface area contributed by atoms with E-state index in [0.717, 1.165) is 51.2 Å². The van der Waals surface area contributed by atoms with Gasteiger partial charge in [-0.15, -0.1) is 10.2 Å². The van der Waals surface area contributed by atoms with Gasteiger partial charge in [0.1, 0.15) is 49.1 Å². The lowest BCUT2D eigenvalue weighted by Crippen LogP contribution is -1.85. The van der Waals surface area contributed by atoms with Crippen molar-refractivity contribution in [3.8, 4) is 0 Å². The van der Waals surface area contributed by atoms with Crippen molar-refractivity contribution in [2.75, 3.05) is 0 Å². The maximum absolute atomic E-state index is 3.98. The topological polar surface area (TPSA) is 296 Å². The predicted octanol–water partition coefficient (Wildman–Crippen LogP) is 10.0. The van der Waals surface area contributed by atoms with Gasteiger partial charge in [-0.2, -0.15) is 20.4 Å². The lowest BCUT2D eigenvalue weighted by atomic mass is 10.3. The molecule has 0 aliphatic rings. The molecule has 12 aromatic heterocycles. The molecule has 12 aromatic rings. The van der Waals surface area contributed by atoms with Gasteiger partial charge in [-0.05, 0) is 166 Å². The molecule has 12 heterocycles. The molecule has 0 unspecified atom stereocenters. The van der Waals surface area contributed by atoms with Gasteiger partial charge in [0.05, 0.1) is 30.0 Å². The second-order valence-electron chi connectivity index (χ2n) is 16.4. The first kappa shape index (κ1) is 71.0. The number of aromatic nitrogens is 23. The Morgan fingerprint density at radius 3 is 0.976 bits per heavy atom. The fourth-order valence-corrected chi connectivity index (χ4v) is 4.51. The second kappa shape index (κ2) is 50.3. The van der Waals surface area contributed by atoms with Crippen molar-refractivity contribution in [2.45, 2.75) is 83.1 Å². The van der Waals surface area contributed by atoms with Crippen molar-refractivity contribution < 1.29 is 0 Å². The maximum atomic E-state index is 3.98. The van der Waals surface area contributed by atoms with E-state index >= 15 is 0 Å². The quantitative estimate of drug-likeness (QED) is 0.136. The van der Waals surface area contributed by atoms with Crippen LogP contribution in [0.1, 0.15) is 68.2 Å². The Kier molecular flexibility index (Phi) is 42.5. The molecular weight excluding hydrogens is 1050 g/mol. The molecule has 0 aromatic carbocycles. The van der Waals surface area contributed by atoms with E-state index in [1.54, 1.807) is 125 Å². The Morgan fingerprint density at radius 2 is 0.714 bits per heavy atom. The SMILES string of the molecule is Cc1ccccn1.Cc1ccccn1.Cc1cccnc1.Cc1ccncc1.Cc1ccncn1.Cc1ccnnc1.Cc1cnccn1.Cc1cncnc1.Cc1cnncn1.Cc1ncccn1.Cc1nccnn1.Cc1ncncn1. The van der Waals surface area contributed by atoms with E-state index in [-0.39, 0.29) is 0 Å². The Balaban J connectivity index is 0.000000458. The van der Waals surface area contributed by atoms with Gasteiger partial charge in [-0.25, -0.2) is 54.8 Å². The summed E-state index contributed by atoms with van der Waals surface area (Å²) in [5, 5.41) is 21.5. The summed E-state index contributed by atoms with van der Waals surface area (Å²) in [4.78, 5) is 65.1. The van der Waals surface area contributed by atoms with E-state index in [1.165, 1.54) is 42.8 Å². The number of nitrogens with zero attached hydrogens (tertiary/aromatic N) is 23. The first-order valence-corrected chi connectivity index (χ1v) is 25.6. The minimum atomic E-state index is 0.711. The molecule has 12 rings (SSSR count). The number of pyridine rings is 4. The van der Waals surface area contributed by atoms with Crippen molar-refractivity contribution in [1.82, 2.24) is 115 Å². The van der Waals surface area contributed by atoms with E-state index < -0.39 is 0 Å². The molecule has 432 valence electrons. The summed E-state index contributed by atoms with van der Waals surface area (Å²) < 4.78 is 0. The molecule has 84 heavy (non-hydrogen) atoms. The molecule has 23 nitrogen and oxygen atoms in total. The van der Waals surface area contributed by atoms with Gasteiger partial charge >= 0.3 is 0 Å². The van der Waals surface area contributed by atoms with Crippen molar-refractivity contribution in [2.24, 2.45) is 0 Å². The summed E-state index contributed by atoms with van der Waals surface area (Å²) in [5.41, 5.74) is 9.73. The third kappa shape index (κ3) is 48.2. The van der Waals surface area contributed by atoms with E-state index in [1.807, 2.05) is 155 Å². The third-order valence-electron chi connectivity index (χ3n) is 8.66. The van der Waals surface area contributed by atoms with Gasteiger partial charge in [-0.1, -0.05) is 18.2 Å². The first-order valence-electron chi connectivity index (χ1n) is 25.6. The second-order valence-corrected chi connectivity index (χ2v) is 16.4. The highest BCUT2D eigenvalue weighted by molar-refractivity contribution is 5.06. The summed E-state index contributed by atoms with van der Waals surface area (Å²) in [6, 6.07) is 25.2. The Labute approximate surface area is 492 Å². The summed E-state index contributed by atoms with van der Waals surface area (Å²) in [7, 11) is 0. The van der Waals surface area contributed by atoms with Crippen LogP contribution in [0.4, 0.5) is 0 Å². The highest BCUT2D eigenvalue weighted by Crippen LogP contribution is 1.91. The van der Waals surface area contributed by atoms with E-state index in [9.17, 15) is 0 Å². The molecule has 0 atom stereocenters. The minimum Gasteiger partial charge on any atom is -0.265 e. The Morgan fingerprint density at radius 1 is 0.202 bits per heavy atom. The fourth-order valence-electron chi connectivity index (χ4n) is 4.51. The van der Waals surface area contributed by atoms with Crippen molar-refractivity contribution >= 4 is 0 Å². The highest BCUT2D eigenvalue weighted by Gasteiger charge is 1.81. The lowest BCUT2D eigenvalue weighted by Gasteiger charge is -1.82. The third-order valence-corrected chi connectivity index (χ3v) is 8.66. The van der Waals surface area contributed by atoms with Crippen LogP contribution in [0.2, 0.25) is 0 Å². The molecule has 0 N–H and O–H groups in total. The van der Waals surface area contributed by atoms with Crippen LogP contribution in [0.15, 0.2) is 228 Å². The summed E-state index contributed by atoms with van der Waals surface area (Å²) >= 11 is 0. The zero-order chi connectivity index (χ0) is 61.4. The Hall–Kier alpha value is -11.0.